The minimum atomic E-state index is -0.164. The van der Waals surface area contributed by atoms with Crippen molar-refractivity contribution in [2.24, 2.45) is 0 Å². The fraction of sp³-hybridized carbons (Fsp3) is 0.875. The van der Waals surface area contributed by atoms with Crippen LogP contribution in [-0.2, 0) is 9.53 Å². The van der Waals surface area contributed by atoms with Gasteiger partial charge in [-0.3, -0.25) is 4.79 Å². The molecule has 1 N–H and O–H groups in total. The maximum Gasteiger partial charge on any atom is 0.302 e. The van der Waals surface area contributed by atoms with Gasteiger partial charge < -0.3 is 9.84 Å². The molecule has 0 heterocycles. The number of allylic oxidation sites excluding steroid dienone is 1. The standard InChI is InChI=1S/C24H46O3/c1-4-22(2)19-20-24(26)18-16-14-12-10-8-6-5-7-9-11-13-15-17-21-27-23(3)25/h19,24,26H,4-18,20-21H2,1-3H3/b22-19+/t24-/m1/s1. The van der Waals surface area contributed by atoms with Gasteiger partial charge in [0.2, 0.25) is 0 Å². The molecule has 0 saturated carbocycles. The summed E-state index contributed by atoms with van der Waals surface area (Å²) in [5.74, 6) is -0.164. The summed E-state index contributed by atoms with van der Waals surface area (Å²) in [6.45, 7) is 6.36. The number of esters is 1. The molecule has 3 nitrogen and oxygen atoms in total. The van der Waals surface area contributed by atoms with E-state index in [1.165, 1.54) is 83.1 Å². The molecule has 0 rings (SSSR count). The number of hydrogen-bond donors (Lipinski definition) is 1. The molecule has 160 valence electrons. The van der Waals surface area contributed by atoms with Crippen molar-refractivity contribution >= 4 is 5.97 Å². The van der Waals surface area contributed by atoms with E-state index in [-0.39, 0.29) is 12.1 Å². The van der Waals surface area contributed by atoms with Gasteiger partial charge in [-0.2, -0.15) is 0 Å². The zero-order valence-electron chi connectivity index (χ0n) is 18.4. The summed E-state index contributed by atoms with van der Waals surface area (Å²) in [7, 11) is 0. The zero-order valence-corrected chi connectivity index (χ0v) is 18.4. The van der Waals surface area contributed by atoms with Gasteiger partial charge in [-0.05, 0) is 32.6 Å². The molecule has 0 aromatic rings. The zero-order chi connectivity index (χ0) is 20.2. The molecule has 0 bridgehead atoms. The number of rotatable bonds is 19. The Hall–Kier alpha value is -0.830. The number of ether oxygens (including phenoxy) is 1. The molecule has 0 radical (unpaired) electrons. The van der Waals surface area contributed by atoms with Crippen LogP contribution in [0.2, 0.25) is 0 Å². The number of aliphatic hydroxyl groups excluding tert-OH is 1. The van der Waals surface area contributed by atoms with Crippen molar-refractivity contribution < 1.29 is 14.6 Å². The Labute approximate surface area is 169 Å². The van der Waals surface area contributed by atoms with Crippen LogP contribution in [0.4, 0.5) is 0 Å². The van der Waals surface area contributed by atoms with Crippen LogP contribution in [0.25, 0.3) is 0 Å². The first kappa shape index (κ1) is 26.2. The topological polar surface area (TPSA) is 46.5 Å². The highest BCUT2D eigenvalue weighted by Gasteiger charge is 2.02. The van der Waals surface area contributed by atoms with E-state index in [4.69, 9.17) is 4.74 Å². The maximum absolute atomic E-state index is 10.6. The normalized spacial score (nSPS) is 13.0. The number of carbonyl (C=O) groups excluding carboxylic acids is 1. The van der Waals surface area contributed by atoms with Crippen LogP contribution >= 0.6 is 0 Å². The van der Waals surface area contributed by atoms with Crippen molar-refractivity contribution in [2.75, 3.05) is 6.61 Å². The molecule has 3 heteroatoms. The highest BCUT2D eigenvalue weighted by atomic mass is 16.5. The lowest BCUT2D eigenvalue weighted by Crippen LogP contribution is -2.04. The second-order valence-corrected chi connectivity index (χ2v) is 8.02. The first-order chi connectivity index (χ1) is 13.1. The van der Waals surface area contributed by atoms with E-state index in [9.17, 15) is 9.90 Å². The Morgan fingerprint density at radius 1 is 0.815 bits per heavy atom. The molecule has 0 aliphatic rings. The van der Waals surface area contributed by atoms with Crippen LogP contribution in [0, 0.1) is 0 Å². The molecule has 0 aromatic carbocycles. The lowest BCUT2D eigenvalue weighted by molar-refractivity contribution is -0.141. The monoisotopic (exact) mass is 382 g/mol. The third kappa shape index (κ3) is 21.3. The fourth-order valence-electron chi connectivity index (χ4n) is 3.24. The third-order valence-corrected chi connectivity index (χ3v) is 5.28. The highest BCUT2D eigenvalue weighted by Crippen LogP contribution is 2.14. The second kappa shape index (κ2) is 19.9. The van der Waals surface area contributed by atoms with Crippen molar-refractivity contribution in [3.05, 3.63) is 11.6 Å². The van der Waals surface area contributed by atoms with E-state index in [0.717, 1.165) is 32.1 Å². The van der Waals surface area contributed by atoms with Crippen molar-refractivity contribution in [1.29, 1.82) is 0 Å². The third-order valence-electron chi connectivity index (χ3n) is 5.28. The van der Waals surface area contributed by atoms with E-state index in [1.807, 2.05) is 0 Å². The van der Waals surface area contributed by atoms with E-state index >= 15 is 0 Å². The van der Waals surface area contributed by atoms with E-state index < -0.39 is 0 Å². The lowest BCUT2D eigenvalue weighted by atomic mass is 10.0. The first-order valence-electron chi connectivity index (χ1n) is 11.5. The first-order valence-corrected chi connectivity index (χ1v) is 11.5. The molecule has 0 saturated heterocycles. The molecule has 0 spiro atoms. The van der Waals surface area contributed by atoms with Crippen molar-refractivity contribution in [1.82, 2.24) is 0 Å². The summed E-state index contributed by atoms with van der Waals surface area (Å²) in [4.78, 5) is 10.6. The Kier molecular flexibility index (Phi) is 19.3. The number of carbonyl (C=O) groups is 1. The van der Waals surface area contributed by atoms with Gasteiger partial charge in [0.1, 0.15) is 0 Å². The summed E-state index contributed by atoms with van der Waals surface area (Å²) in [6.07, 6.45) is 21.6. The van der Waals surface area contributed by atoms with Gasteiger partial charge in [0.15, 0.2) is 0 Å². The van der Waals surface area contributed by atoms with Crippen molar-refractivity contribution in [2.45, 2.75) is 130 Å². The quantitative estimate of drug-likeness (QED) is 0.147. The molecule has 0 aliphatic carbocycles. The van der Waals surface area contributed by atoms with Crippen molar-refractivity contribution in [3.63, 3.8) is 0 Å². The maximum atomic E-state index is 10.6. The van der Waals surface area contributed by atoms with Crippen LogP contribution in [-0.4, -0.2) is 23.8 Å². The Bertz CT molecular complexity index is 363. The van der Waals surface area contributed by atoms with Crippen LogP contribution in [0.5, 0.6) is 0 Å². The molecular weight excluding hydrogens is 336 g/mol. The van der Waals surface area contributed by atoms with Gasteiger partial charge in [-0.15, -0.1) is 0 Å². The fourth-order valence-corrected chi connectivity index (χ4v) is 3.24. The molecule has 0 aliphatic heterocycles. The Morgan fingerprint density at radius 3 is 1.70 bits per heavy atom. The Morgan fingerprint density at radius 2 is 1.26 bits per heavy atom. The van der Waals surface area contributed by atoms with E-state index in [1.54, 1.807) is 0 Å². The van der Waals surface area contributed by atoms with Gasteiger partial charge in [-0.1, -0.05) is 95.6 Å². The SMILES string of the molecule is CC/C(C)=C/C[C@H](O)CCCCCCCCCCCCCCCOC(C)=O. The number of aliphatic hydroxyl groups is 1. The minimum Gasteiger partial charge on any atom is -0.466 e. The van der Waals surface area contributed by atoms with Crippen molar-refractivity contribution in [3.8, 4) is 0 Å². The van der Waals surface area contributed by atoms with E-state index in [0.29, 0.717) is 6.61 Å². The average molecular weight is 383 g/mol. The van der Waals surface area contributed by atoms with Crippen LogP contribution in [0.1, 0.15) is 124 Å². The lowest BCUT2D eigenvalue weighted by Gasteiger charge is -2.08. The largest absolute Gasteiger partial charge is 0.466 e. The van der Waals surface area contributed by atoms with Gasteiger partial charge >= 0.3 is 5.97 Å². The molecule has 0 fully saturated rings. The summed E-state index contributed by atoms with van der Waals surface area (Å²) >= 11 is 0. The molecule has 27 heavy (non-hydrogen) atoms. The van der Waals surface area contributed by atoms with Crippen LogP contribution in [0.15, 0.2) is 11.6 Å². The predicted molar refractivity (Wildman–Crippen MR) is 116 cm³/mol. The summed E-state index contributed by atoms with van der Waals surface area (Å²) in [6, 6.07) is 0. The van der Waals surface area contributed by atoms with Gasteiger partial charge in [0, 0.05) is 6.92 Å². The highest BCUT2D eigenvalue weighted by molar-refractivity contribution is 5.65. The number of unbranched alkanes of at least 4 members (excludes halogenated alkanes) is 12. The average Bonchev–Trinajstić information content (AvgIpc) is 2.65. The second-order valence-electron chi connectivity index (χ2n) is 8.02. The summed E-state index contributed by atoms with van der Waals surface area (Å²) in [5.41, 5.74) is 1.38. The summed E-state index contributed by atoms with van der Waals surface area (Å²) in [5, 5.41) is 9.96. The van der Waals surface area contributed by atoms with Gasteiger partial charge in [0.25, 0.3) is 0 Å². The summed E-state index contributed by atoms with van der Waals surface area (Å²) < 4.78 is 4.93. The molecule has 0 amide bonds. The molecular formula is C24H46O3. The number of hydrogen-bond acceptors (Lipinski definition) is 3. The van der Waals surface area contributed by atoms with Crippen LogP contribution in [0.3, 0.4) is 0 Å². The van der Waals surface area contributed by atoms with Gasteiger partial charge in [0.05, 0.1) is 12.7 Å². The smallest absolute Gasteiger partial charge is 0.302 e. The van der Waals surface area contributed by atoms with Crippen LogP contribution < -0.4 is 0 Å². The molecule has 0 aromatic heterocycles. The molecule has 1 atom stereocenters. The van der Waals surface area contributed by atoms with E-state index in [2.05, 4.69) is 19.9 Å². The van der Waals surface area contributed by atoms with Gasteiger partial charge in [-0.25, -0.2) is 0 Å². The minimum absolute atomic E-state index is 0.145. The Balaban J connectivity index is 3.18. The molecule has 0 unspecified atom stereocenters. The predicted octanol–water partition coefficient (Wildman–Crippen LogP) is 7.12.